The highest BCUT2D eigenvalue weighted by Gasteiger charge is 2.10. The molecule has 0 aromatic heterocycles. The lowest BCUT2D eigenvalue weighted by Crippen LogP contribution is -2.31. The summed E-state index contributed by atoms with van der Waals surface area (Å²) in [7, 11) is 0. The fourth-order valence-electron chi connectivity index (χ4n) is 1.21. The second-order valence-electron chi connectivity index (χ2n) is 3.60. The Balaban J connectivity index is 2.78. The number of para-hydroxylation sites is 1. The van der Waals surface area contributed by atoms with Gasteiger partial charge in [-0.15, -0.1) is 0 Å². The van der Waals surface area contributed by atoms with Crippen molar-refractivity contribution < 1.29 is 9.90 Å². The fourth-order valence-corrected chi connectivity index (χ4v) is 1.21. The molecule has 1 amide bonds. The maximum atomic E-state index is 11.6. The Morgan fingerprint density at radius 2 is 2.27 bits per heavy atom. The van der Waals surface area contributed by atoms with Crippen molar-refractivity contribution in [3.8, 4) is 0 Å². The Kier molecular flexibility index (Phi) is 3.68. The van der Waals surface area contributed by atoms with Crippen LogP contribution in [0.4, 0.5) is 5.69 Å². The Morgan fingerprint density at radius 1 is 1.60 bits per heavy atom. The first-order valence-electron chi connectivity index (χ1n) is 4.83. The maximum absolute atomic E-state index is 11.6. The molecule has 0 aliphatic rings. The van der Waals surface area contributed by atoms with Crippen molar-refractivity contribution in [1.82, 2.24) is 5.32 Å². The van der Waals surface area contributed by atoms with Gasteiger partial charge in [-0.2, -0.15) is 0 Å². The molecule has 0 fully saturated rings. The third-order valence-corrected chi connectivity index (χ3v) is 2.13. The van der Waals surface area contributed by atoms with Gasteiger partial charge in [0.2, 0.25) is 0 Å². The summed E-state index contributed by atoms with van der Waals surface area (Å²) in [5, 5.41) is 11.6. The molecule has 15 heavy (non-hydrogen) atoms. The Morgan fingerprint density at radius 3 is 2.87 bits per heavy atom. The average Bonchev–Trinajstić information content (AvgIpc) is 2.18. The monoisotopic (exact) mass is 208 g/mol. The molecule has 82 valence electrons. The standard InChI is InChI=1S/C11H16N2O2/c1-7-4-3-5-9(10(7)12)11(15)13-6-8(2)14/h3-5,8,14H,6,12H2,1-2H3,(H,13,15). The lowest BCUT2D eigenvalue weighted by Gasteiger charge is -2.10. The molecule has 4 heteroatoms. The molecule has 1 aromatic rings. The number of aryl methyl sites for hydroxylation is 1. The van der Waals surface area contributed by atoms with E-state index in [4.69, 9.17) is 10.8 Å². The first-order chi connectivity index (χ1) is 7.02. The number of nitrogens with two attached hydrogens (primary N) is 1. The Hall–Kier alpha value is -1.55. The number of rotatable bonds is 3. The molecule has 0 bridgehead atoms. The van der Waals surface area contributed by atoms with Crippen molar-refractivity contribution in [2.75, 3.05) is 12.3 Å². The third-order valence-electron chi connectivity index (χ3n) is 2.13. The van der Waals surface area contributed by atoms with E-state index < -0.39 is 6.10 Å². The predicted octanol–water partition coefficient (Wildman–Crippen LogP) is 0.688. The summed E-state index contributed by atoms with van der Waals surface area (Å²) in [5.41, 5.74) is 7.58. The zero-order valence-electron chi connectivity index (χ0n) is 8.95. The fraction of sp³-hybridized carbons (Fsp3) is 0.364. The summed E-state index contributed by atoms with van der Waals surface area (Å²) in [6.07, 6.45) is -0.556. The van der Waals surface area contributed by atoms with Crippen molar-refractivity contribution in [3.63, 3.8) is 0 Å². The van der Waals surface area contributed by atoms with E-state index in [1.54, 1.807) is 19.1 Å². The Bertz CT molecular complexity index is 362. The number of carbonyl (C=O) groups excluding carboxylic acids is 1. The highest BCUT2D eigenvalue weighted by atomic mass is 16.3. The lowest BCUT2D eigenvalue weighted by molar-refractivity contribution is 0.0925. The first-order valence-corrected chi connectivity index (χ1v) is 4.83. The zero-order valence-corrected chi connectivity index (χ0v) is 8.95. The van der Waals surface area contributed by atoms with Crippen LogP contribution in [0.1, 0.15) is 22.8 Å². The van der Waals surface area contributed by atoms with Crippen LogP contribution in [0.3, 0.4) is 0 Å². The molecule has 1 rings (SSSR count). The third kappa shape index (κ3) is 2.95. The van der Waals surface area contributed by atoms with E-state index in [2.05, 4.69) is 5.32 Å². The molecule has 0 heterocycles. The summed E-state index contributed by atoms with van der Waals surface area (Å²) in [5.74, 6) is -0.253. The van der Waals surface area contributed by atoms with Gasteiger partial charge in [-0.05, 0) is 25.5 Å². The molecule has 4 N–H and O–H groups in total. The number of amides is 1. The lowest BCUT2D eigenvalue weighted by atomic mass is 10.1. The molecule has 0 radical (unpaired) electrons. The molecule has 0 saturated carbocycles. The SMILES string of the molecule is Cc1cccc(C(=O)NCC(C)O)c1N. The molecule has 4 nitrogen and oxygen atoms in total. The maximum Gasteiger partial charge on any atom is 0.253 e. The number of carbonyl (C=O) groups is 1. The van der Waals surface area contributed by atoms with Gasteiger partial charge in [-0.1, -0.05) is 12.1 Å². The van der Waals surface area contributed by atoms with Gasteiger partial charge in [0.25, 0.3) is 5.91 Å². The van der Waals surface area contributed by atoms with E-state index in [0.717, 1.165) is 5.56 Å². The van der Waals surface area contributed by atoms with Crippen molar-refractivity contribution in [3.05, 3.63) is 29.3 Å². The van der Waals surface area contributed by atoms with Crippen LogP contribution in [0.25, 0.3) is 0 Å². The molecular weight excluding hydrogens is 192 g/mol. The number of aliphatic hydroxyl groups is 1. The minimum atomic E-state index is -0.556. The van der Waals surface area contributed by atoms with Gasteiger partial charge >= 0.3 is 0 Å². The zero-order chi connectivity index (χ0) is 11.4. The number of hydrogen-bond donors (Lipinski definition) is 3. The van der Waals surface area contributed by atoms with Gasteiger partial charge < -0.3 is 16.2 Å². The van der Waals surface area contributed by atoms with Crippen LogP contribution >= 0.6 is 0 Å². The van der Waals surface area contributed by atoms with Gasteiger partial charge in [0.1, 0.15) is 0 Å². The second kappa shape index (κ2) is 4.79. The average molecular weight is 208 g/mol. The van der Waals surface area contributed by atoms with Gasteiger partial charge in [0.05, 0.1) is 11.7 Å². The van der Waals surface area contributed by atoms with Crippen molar-refractivity contribution >= 4 is 11.6 Å². The molecule has 1 atom stereocenters. The molecule has 0 spiro atoms. The van der Waals surface area contributed by atoms with Crippen LogP contribution in [0.2, 0.25) is 0 Å². The van der Waals surface area contributed by atoms with Gasteiger partial charge in [-0.3, -0.25) is 4.79 Å². The van der Waals surface area contributed by atoms with Gasteiger partial charge in [0.15, 0.2) is 0 Å². The van der Waals surface area contributed by atoms with Gasteiger partial charge in [0, 0.05) is 12.2 Å². The molecule has 1 unspecified atom stereocenters. The number of benzene rings is 1. The number of hydrogen-bond acceptors (Lipinski definition) is 3. The topological polar surface area (TPSA) is 75.3 Å². The molecule has 0 aliphatic carbocycles. The molecular formula is C11H16N2O2. The first kappa shape index (κ1) is 11.5. The summed E-state index contributed by atoms with van der Waals surface area (Å²) in [6, 6.07) is 5.30. The van der Waals surface area contributed by atoms with E-state index in [0.29, 0.717) is 11.3 Å². The van der Waals surface area contributed by atoms with E-state index in [-0.39, 0.29) is 12.5 Å². The predicted molar refractivity (Wildman–Crippen MR) is 59.6 cm³/mol. The van der Waals surface area contributed by atoms with Crippen LogP contribution in [-0.2, 0) is 0 Å². The summed E-state index contributed by atoms with van der Waals surface area (Å²) < 4.78 is 0. The Labute approximate surface area is 89.1 Å². The van der Waals surface area contributed by atoms with Gasteiger partial charge in [-0.25, -0.2) is 0 Å². The summed E-state index contributed by atoms with van der Waals surface area (Å²) >= 11 is 0. The number of nitrogen functional groups attached to an aromatic ring is 1. The number of aliphatic hydroxyl groups excluding tert-OH is 1. The largest absolute Gasteiger partial charge is 0.398 e. The normalized spacial score (nSPS) is 12.2. The van der Waals surface area contributed by atoms with E-state index in [1.807, 2.05) is 13.0 Å². The van der Waals surface area contributed by atoms with Crippen LogP contribution in [0.5, 0.6) is 0 Å². The highest BCUT2D eigenvalue weighted by molar-refractivity contribution is 5.99. The highest BCUT2D eigenvalue weighted by Crippen LogP contribution is 2.15. The summed E-state index contributed by atoms with van der Waals surface area (Å²) in [4.78, 5) is 11.6. The van der Waals surface area contributed by atoms with Crippen LogP contribution < -0.4 is 11.1 Å². The molecule has 0 saturated heterocycles. The van der Waals surface area contributed by atoms with Crippen LogP contribution in [0, 0.1) is 6.92 Å². The second-order valence-corrected chi connectivity index (χ2v) is 3.60. The minimum Gasteiger partial charge on any atom is -0.398 e. The minimum absolute atomic E-state index is 0.228. The van der Waals surface area contributed by atoms with E-state index in [1.165, 1.54) is 0 Å². The van der Waals surface area contributed by atoms with Crippen molar-refractivity contribution in [2.45, 2.75) is 20.0 Å². The van der Waals surface area contributed by atoms with E-state index >= 15 is 0 Å². The van der Waals surface area contributed by atoms with Crippen LogP contribution in [-0.4, -0.2) is 23.7 Å². The smallest absolute Gasteiger partial charge is 0.253 e. The number of anilines is 1. The number of nitrogens with one attached hydrogen (secondary N) is 1. The molecule has 1 aromatic carbocycles. The van der Waals surface area contributed by atoms with Crippen molar-refractivity contribution in [1.29, 1.82) is 0 Å². The van der Waals surface area contributed by atoms with Crippen molar-refractivity contribution in [2.24, 2.45) is 0 Å². The molecule has 0 aliphatic heterocycles. The summed E-state index contributed by atoms with van der Waals surface area (Å²) in [6.45, 7) is 3.69. The quantitative estimate of drug-likeness (QED) is 0.640. The van der Waals surface area contributed by atoms with Crippen LogP contribution in [0.15, 0.2) is 18.2 Å². The van der Waals surface area contributed by atoms with E-state index in [9.17, 15) is 4.79 Å².